The first kappa shape index (κ1) is 16.3. The van der Waals surface area contributed by atoms with Gasteiger partial charge in [-0.05, 0) is 17.7 Å². The van der Waals surface area contributed by atoms with E-state index >= 15 is 0 Å². The van der Waals surface area contributed by atoms with Gasteiger partial charge >= 0.3 is 0 Å². The fraction of sp³-hybridized carbons (Fsp3) is 0. The van der Waals surface area contributed by atoms with E-state index in [0.29, 0.717) is 5.56 Å². The van der Waals surface area contributed by atoms with Gasteiger partial charge in [-0.2, -0.15) is 0 Å². The van der Waals surface area contributed by atoms with Crippen molar-refractivity contribution < 1.29 is 14.6 Å². The summed E-state index contributed by atoms with van der Waals surface area (Å²) >= 11 is 5.70. The van der Waals surface area contributed by atoms with Crippen LogP contribution in [-0.4, -0.2) is 15.6 Å². The lowest BCUT2D eigenvalue weighted by molar-refractivity contribution is -0.385. The summed E-state index contributed by atoms with van der Waals surface area (Å²) in [5.41, 5.74) is 0.113. The minimum atomic E-state index is -0.623. The van der Waals surface area contributed by atoms with Crippen LogP contribution in [0.2, 0.25) is 5.02 Å². The third-order valence-electron chi connectivity index (χ3n) is 2.94. The Hall–Kier alpha value is -3.06. The van der Waals surface area contributed by atoms with Crippen LogP contribution in [0.1, 0.15) is 15.9 Å². The van der Waals surface area contributed by atoms with E-state index in [2.05, 4.69) is 0 Å². The van der Waals surface area contributed by atoms with Crippen molar-refractivity contribution in [3.8, 4) is 0 Å². The Morgan fingerprint density at radius 2 is 1.78 bits per heavy atom. The standard InChI is InChI=1S/C15H9ClN2O5/c16-13-6-4-10(8-14(13)18(22)23)5-7-15(19)11-2-1-3-12(9-11)17(20)21/h1-9H/b7-5+. The van der Waals surface area contributed by atoms with Crippen LogP contribution in [0.3, 0.4) is 0 Å². The molecule has 0 saturated carbocycles. The molecule has 0 atom stereocenters. The third kappa shape index (κ3) is 3.98. The predicted molar refractivity (Wildman–Crippen MR) is 84.6 cm³/mol. The van der Waals surface area contributed by atoms with Gasteiger partial charge in [-0.1, -0.05) is 35.9 Å². The first-order valence-corrected chi connectivity index (χ1v) is 6.67. The lowest BCUT2D eigenvalue weighted by Gasteiger charge is -1.98. The second kappa shape index (κ2) is 6.80. The van der Waals surface area contributed by atoms with Crippen LogP contribution in [0.15, 0.2) is 48.5 Å². The Morgan fingerprint density at radius 1 is 1.04 bits per heavy atom. The fourth-order valence-electron chi connectivity index (χ4n) is 1.81. The van der Waals surface area contributed by atoms with E-state index in [1.807, 2.05) is 0 Å². The van der Waals surface area contributed by atoms with Crippen LogP contribution in [0, 0.1) is 20.2 Å². The van der Waals surface area contributed by atoms with Crippen molar-refractivity contribution in [2.75, 3.05) is 0 Å². The highest BCUT2D eigenvalue weighted by molar-refractivity contribution is 6.32. The zero-order valence-electron chi connectivity index (χ0n) is 11.5. The summed E-state index contributed by atoms with van der Waals surface area (Å²) in [7, 11) is 0. The van der Waals surface area contributed by atoms with Gasteiger partial charge in [0.2, 0.25) is 0 Å². The number of non-ortho nitro benzene ring substituents is 1. The molecule has 0 aromatic heterocycles. The highest BCUT2D eigenvalue weighted by Gasteiger charge is 2.12. The lowest BCUT2D eigenvalue weighted by atomic mass is 10.1. The molecule has 0 saturated heterocycles. The number of hydrogen-bond acceptors (Lipinski definition) is 5. The first-order valence-electron chi connectivity index (χ1n) is 6.29. The van der Waals surface area contributed by atoms with E-state index < -0.39 is 15.6 Å². The van der Waals surface area contributed by atoms with Crippen LogP contribution in [0.5, 0.6) is 0 Å². The largest absolute Gasteiger partial charge is 0.289 e. The minimum Gasteiger partial charge on any atom is -0.289 e. The normalized spacial score (nSPS) is 10.7. The molecule has 0 unspecified atom stereocenters. The molecule has 0 aliphatic rings. The van der Waals surface area contributed by atoms with E-state index in [4.69, 9.17) is 11.6 Å². The molecule has 2 aromatic rings. The minimum absolute atomic E-state index is 0.00263. The van der Waals surface area contributed by atoms with Crippen LogP contribution < -0.4 is 0 Å². The smallest absolute Gasteiger partial charge is 0.288 e. The van der Waals surface area contributed by atoms with Gasteiger partial charge < -0.3 is 0 Å². The fourth-order valence-corrected chi connectivity index (χ4v) is 2.00. The van der Waals surface area contributed by atoms with Crippen LogP contribution >= 0.6 is 11.6 Å². The number of halogens is 1. The molecule has 0 aliphatic carbocycles. The van der Waals surface area contributed by atoms with Gasteiger partial charge in [0, 0.05) is 23.8 Å². The molecule has 7 nitrogen and oxygen atoms in total. The molecule has 0 fully saturated rings. The maximum atomic E-state index is 12.0. The van der Waals surface area contributed by atoms with E-state index in [-0.39, 0.29) is 22.0 Å². The highest BCUT2D eigenvalue weighted by atomic mass is 35.5. The maximum absolute atomic E-state index is 12.0. The molecule has 116 valence electrons. The molecule has 0 amide bonds. The number of hydrogen-bond donors (Lipinski definition) is 0. The Morgan fingerprint density at radius 3 is 2.43 bits per heavy atom. The summed E-state index contributed by atoms with van der Waals surface area (Å²) < 4.78 is 0. The van der Waals surface area contributed by atoms with Crippen molar-refractivity contribution in [2.24, 2.45) is 0 Å². The molecular weight excluding hydrogens is 324 g/mol. The van der Waals surface area contributed by atoms with Gasteiger partial charge in [0.1, 0.15) is 5.02 Å². The zero-order valence-corrected chi connectivity index (χ0v) is 12.3. The summed E-state index contributed by atoms with van der Waals surface area (Å²) in [6, 6.07) is 9.42. The average Bonchev–Trinajstić information content (AvgIpc) is 2.53. The SMILES string of the molecule is O=C(/C=C/c1ccc(Cl)c([N+](=O)[O-])c1)c1cccc([N+](=O)[O-])c1. The number of nitro groups is 2. The van der Waals surface area contributed by atoms with Crippen molar-refractivity contribution in [2.45, 2.75) is 0 Å². The summed E-state index contributed by atoms with van der Waals surface area (Å²) in [5, 5.41) is 21.5. The molecule has 23 heavy (non-hydrogen) atoms. The number of carbonyl (C=O) groups excluding carboxylic acids is 1. The molecule has 2 aromatic carbocycles. The molecule has 0 bridgehead atoms. The molecule has 0 heterocycles. The van der Waals surface area contributed by atoms with Crippen LogP contribution in [-0.2, 0) is 0 Å². The van der Waals surface area contributed by atoms with Crippen molar-refractivity contribution in [1.82, 2.24) is 0 Å². The molecule has 8 heteroatoms. The summed E-state index contributed by atoms with van der Waals surface area (Å²) in [6.45, 7) is 0. The van der Waals surface area contributed by atoms with Gasteiger partial charge in [-0.15, -0.1) is 0 Å². The number of ketones is 1. The number of nitro benzene ring substituents is 2. The van der Waals surface area contributed by atoms with Crippen molar-refractivity contribution in [3.63, 3.8) is 0 Å². The molecule has 2 rings (SSSR count). The van der Waals surface area contributed by atoms with Crippen LogP contribution in [0.25, 0.3) is 6.08 Å². The number of benzene rings is 2. The van der Waals surface area contributed by atoms with Crippen molar-refractivity contribution in [1.29, 1.82) is 0 Å². The number of nitrogens with zero attached hydrogens (tertiary/aromatic N) is 2. The first-order chi connectivity index (χ1) is 10.9. The lowest BCUT2D eigenvalue weighted by Crippen LogP contribution is -1.96. The average molecular weight is 333 g/mol. The van der Waals surface area contributed by atoms with Gasteiger partial charge in [0.25, 0.3) is 11.4 Å². The Labute approximate surface area is 135 Å². The highest BCUT2D eigenvalue weighted by Crippen LogP contribution is 2.25. The second-order valence-corrected chi connectivity index (χ2v) is 4.88. The number of allylic oxidation sites excluding steroid dienone is 1. The number of carbonyl (C=O) groups is 1. The van der Waals surface area contributed by atoms with E-state index in [1.165, 1.54) is 48.6 Å². The Bertz CT molecular complexity index is 832. The summed E-state index contributed by atoms with van der Waals surface area (Å²) in [4.78, 5) is 32.3. The molecule has 0 radical (unpaired) electrons. The van der Waals surface area contributed by atoms with Crippen molar-refractivity contribution in [3.05, 3.63) is 84.9 Å². The summed E-state index contributed by atoms with van der Waals surface area (Å²) in [6.07, 6.45) is 2.57. The predicted octanol–water partition coefficient (Wildman–Crippen LogP) is 4.05. The second-order valence-electron chi connectivity index (χ2n) is 4.47. The summed E-state index contributed by atoms with van der Waals surface area (Å²) in [5.74, 6) is -0.452. The van der Waals surface area contributed by atoms with Gasteiger partial charge in [0.05, 0.1) is 9.85 Å². The molecule has 0 N–H and O–H groups in total. The van der Waals surface area contributed by atoms with E-state index in [9.17, 15) is 25.0 Å². The monoisotopic (exact) mass is 332 g/mol. The van der Waals surface area contributed by atoms with Gasteiger partial charge in [-0.3, -0.25) is 25.0 Å². The molecule has 0 aliphatic heterocycles. The van der Waals surface area contributed by atoms with Gasteiger partial charge in [0.15, 0.2) is 5.78 Å². The quantitative estimate of drug-likeness (QED) is 0.355. The number of rotatable bonds is 5. The van der Waals surface area contributed by atoms with Crippen molar-refractivity contribution >= 4 is 34.8 Å². The van der Waals surface area contributed by atoms with E-state index in [1.54, 1.807) is 0 Å². The Kier molecular flexibility index (Phi) is 4.82. The topological polar surface area (TPSA) is 103 Å². The van der Waals surface area contributed by atoms with Gasteiger partial charge in [-0.25, -0.2) is 0 Å². The molecular formula is C15H9ClN2O5. The Balaban J connectivity index is 2.25. The van der Waals surface area contributed by atoms with E-state index in [0.717, 1.165) is 6.07 Å². The van der Waals surface area contributed by atoms with Crippen LogP contribution in [0.4, 0.5) is 11.4 Å². The maximum Gasteiger partial charge on any atom is 0.288 e. The molecule has 0 spiro atoms. The third-order valence-corrected chi connectivity index (χ3v) is 3.26. The zero-order chi connectivity index (χ0) is 17.0.